The van der Waals surface area contributed by atoms with E-state index in [2.05, 4.69) is 0 Å². The average molecular weight is 261 g/mol. The van der Waals surface area contributed by atoms with Gasteiger partial charge in [0, 0.05) is 6.04 Å². The quantitative estimate of drug-likeness (QED) is 0.882. The predicted octanol–water partition coefficient (Wildman–Crippen LogP) is 3.35. The highest BCUT2D eigenvalue weighted by Gasteiger charge is 2.28. The van der Waals surface area contributed by atoms with Crippen LogP contribution in [0.1, 0.15) is 30.6 Å². The second-order valence-corrected chi connectivity index (χ2v) is 4.43. The van der Waals surface area contributed by atoms with E-state index >= 15 is 0 Å². The van der Waals surface area contributed by atoms with Crippen molar-refractivity contribution >= 4 is 0 Å². The zero-order valence-corrected chi connectivity index (χ0v) is 10.5. The molecule has 0 aromatic heterocycles. The first-order chi connectivity index (χ1) is 8.29. The molecule has 2 unspecified atom stereocenters. The minimum Gasteiger partial charge on any atom is -0.372 e. The Morgan fingerprint density at radius 1 is 1.33 bits per heavy atom. The molecule has 0 aliphatic rings. The van der Waals surface area contributed by atoms with Gasteiger partial charge in [-0.2, -0.15) is 13.2 Å². The van der Waals surface area contributed by atoms with Crippen LogP contribution < -0.4 is 5.73 Å². The minimum atomic E-state index is -4.20. The van der Waals surface area contributed by atoms with Crippen LogP contribution in [0.25, 0.3) is 0 Å². The van der Waals surface area contributed by atoms with Gasteiger partial charge < -0.3 is 10.5 Å². The second-order valence-electron chi connectivity index (χ2n) is 4.43. The number of hydrogen-bond donors (Lipinski definition) is 1. The van der Waals surface area contributed by atoms with Gasteiger partial charge in [-0.3, -0.25) is 0 Å². The van der Waals surface area contributed by atoms with Gasteiger partial charge in [0.2, 0.25) is 0 Å². The van der Waals surface area contributed by atoms with Crippen LogP contribution in [-0.4, -0.2) is 18.8 Å². The van der Waals surface area contributed by atoms with E-state index in [0.717, 1.165) is 11.1 Å². The largest absolute Gasteiger partial charge is 0.391 e. The first kappa shape index (κ1) is 15.0. The lowest BCUT2D eigenvalue weighted by Crippen LogP contribution is -2.28. The maximum absolute atomic E-state index is 12.1. The third-order valence-electron chi connectivity index (χ3n) is 2.53. The second kappa shape index (κ2) is 6.20. The van der Waals surface area contributed by atoms with Crippen molar-refractivity contribution in [1.82, 2.24) is 0 Å². The minimum absolute atomic E-state index is 0.361. The van der Waals surface area contributed by atoms with Gasteiger partial charge in [0.25, 0.3) is 0 Å². The topological polar surface area (TPSA) is 35.2 Å². The number of ether oxygens (including phenoxy) is 1. The lowest BCUT2D eigenvalue weighted by molar-refractivity contribution is -0.150. The first-order valence-electron chi connectivity index (χ1n) is 5.80. The summed E-state index contributed by atoms with van der Waals surface area (Å²) >= 11 is 0. The van der Waals surface area contributed by atoms with Crippen LogP contribution in [0.15, 0.2) is 24.3 Å². The van der Waals surface area contributed by atoms with Crippen LogP contribution >= 0.6 is 0 Å². The lowest BCUT2D eigenvalue weighted by Gasteiger charge is -2.22. The van der Waals surface area contributed by atoms with E-state index in [9.17, 15) is 13.2 Å². The number of halogens is 3. The molecule has 0 aliphatic carbocycles. The molecule has 0 heterocycles. The van der Waals surface area contributed by atoms with Gasteiger partial charge in [0.15, 0.2) is 0 Å². The van der Waals surface area contributed by atoms with Crippen molar-refractivity contribution in [2.24, 2.45) is 5.73 Å². The van der Waals surface area contributed by atoms with Crippen molar-refractivity contribution in [2.45, 2.75) is 38.6 Å². The third kappa shape index (κ3) is 5.06. The zero-order chi connectivity index (χ0) is 13.8. The van der Waals surface area contributed by atoms with Gasteiger partial charge in [0.1, 0.15) is 0 Å². The molecule has 18 heavy (non-hydrogen) atoms. The fourth-order valence-electron chi connectivity index (χ4n) is 1.70. The molecule has 2 atom stereocenters. The summed E-state index contributed by atoms with van der Waals surface area (Å²) in [4.78, 5) is 0. The molecule has 1 aromatic carbocycles. The van der Waals surface area contributed by atoms with Crippen molar-refractivity contribution in [3.05, 3.63) is 35.4 Å². The van der Waals surface area contributed by atoms with E-state index in [1.54, 1.807) is 6.92 Å². The van der Waals surface area contributed by atoms with Crippen molar-refractivity contribution in [3.63, 3.8) is 0 Å². The molecule has 0 spiro atoms. The molecule has 0 aliphatic heterocycles. The molecule has 0 bridgehead atoms. The van der Waals surface area contributed by atoms with Crippen molar-refractivity contribution in [3.8, 4) is 0 Å². The summed E-state index contributed by atoms with van der Waals surface area (Å²) in [5, 5.41) is 0. The number of nitrogens with two attached hydrogens (primary N) is 1. The van der Waals surface area contributed by atoms with Crippen LogP contribution in [-0.2, 0) is 4.74 Å². The van der Waals surface area contributed by atoms with Crippen molar-refractivity contribution in [1.29, 1.82) is 0 Å². The first-order valence-corrected chi connectivity index (χ1v) is 5.80. The third-order valence-corrected chi connectivity index (χ3v) is 2.53. The Morgan fingerprint density at radius 2 is 2.00 bits per heavy atom. The standard InChI is InChI=1S/C13H18F3NO/c1-9-4-3-5-11(8-9)12(10(2)17)18-7-6-13(14,15)16/h3-5,8,10,12H,6-7,17H2,1-2H3. The fraction of sp³-hybridized carbons (Fsp3) is 0.538. The maximum atomic E-state index is 12.1. The smallest absolute Gasteiger partial charge is 0.372 e. The molecule has 0 saturated heterocycles. The monoisotopic (exact) mass is 261 g/mol. The van der Waals surface area contributed by atoms with Gasteiger partial charge in [0.05, 0.1) is 19.1 Å². The Kier molecular flexibility index (Phi) is 5.16. The van der Waals surface area contributed by atoms with Gasteiger partial charge in [-0.15, -0.1) is 0 Å². The Labute approximate surface area is 105 Å². The van der Waals surface area contributed by atoms with Crippen LogP contribution in [0.3, 0.4) is 0 Å². The number of benzene rings is 1. The molecule has 0 fully saturated rings. The van der Waals surface area contributed by atoms with Crippen LogP contribution in [0.4, 0.5) is 13.2 Å². The average Bonchev–Trinajstić information content (AvgIpc) is 2.22. The number of aryl methyl sites for hydroxylation is 1. The van der Waals surface area contributed by atoms with E-state index < -0.39 is 18.7 Å². The fourth-order valence-corrected chi connectivity index (χ4v) is 1.70. The summed E-state index contributed by atoms with van der Waals surface area (Å²) in [7, 11) is 0. The highest BCUT2D eigenvalue weighted by Crippen LogP contribution is 2.24. The predicted molar refractivity (Wildman–Crippen MR) is 64.2 cm³/mol. The SMILES string of the molecule is Cc1cccc(C(OCCC(F)(F)F)C(C)N)c1. The molecule has 2 nitrogen and oxygen atoms in total. The van der Waals surface area contributed by atoms with Crippen LogP contribution in [0, 0.1) is 6.92 Å². The van der Waals surface area contributed by atoms with Gasteiger partial charge in [-0.1, -0.05) is 29.8 Å². The number of hydrogen-bond acceptors (Lipinski definition) is 2. The normalized spacial score (nSPS) is 15.4. The molecular formula is C13H18F3NO. The lowest BCUT2D eigenvalue weighted by atomic mass is 10.0. The van der Waals surface area contributed by atoms with Crippen LogP contribution in [0.5, 0.6) is 0 Å². The summed E-state index contributed by atoms with van der Waals surface area (Å²) in [6.07, 6.45) is -5.66. The molecule has 0 radical (unpaired) electrons. The van der Waals surface area contributed by atoms with Crippen molar-refractivity contribution in [2.75, 3.05) is 6.61 Å². The van der Waals surface area contributed by atoms with Crippen molar-refractivity contribution < 1.29 is 17.9 Å². The number of alkyl halides is 3. The Balaban J connectivity index is 2.66. The molecule has 1 rings (SSSR count). The van der Waals surface area contributed by atoms with Gasteiger partial charge >= 0.3 is 6.18 Å². The summed E-state index contributed by atoms with van der Waals surface area (Å²) < 4.78 is 41.5. The molecule has 2 N–H and O–H groups in total. The summed E-state index contributed by atoms with van der Waals surface area (Å²) in [5.74, 6) is 0. The van der Waals surface area contributed by atoms with Gasteiger partial charge in [-0.25, -0.2) is 0 Å². The Bertz CT molecular complexity index is 377. The molecule has 0 amide bonds. The Hall–Kier alpha value is -1.07. The van der Waals surface area contributed by atoms with E-state index in [0.29, 0.717) is 0 Å². The molecular weight excluding hydrogens is 243 g/mol. The zero-order valence-electron chi connectivity index (χ0n) is 10.5. The van der Waals surface area contributed by atoms with Crippen LogP contribution in [0.2, 0.25) is 0 Å². The van der Waals surface area contributed by atoms with E-state index in [-0.39, 0.29) is 12.6 Å². The van der Waals surface area contributed by atoms with Gasteiger partial charge in [-0.05, 0) is 19.4 Å². The summed E-state index contributed by atoms with van der Waals surface area (Å²) in [6.45, 7) is 3.27. The van der Waals surface area contributed by atoms with E-state index in [1.165, 1.54) is 0 Å². The summed E-state index contributed by atoms with van der Waals surface area (Å²) in [6, 6.07) is 7.08. The maximum Gasteiger partial charge on any atom is 0.391 e. The molecule has 102 valence electrons. The summed E-state index contributed by atoms with van der Waals surface area (Å²) in [5.41, 5.74) is 7.60. The Morgan fingerprint density at radius 3 is 2.50 bits per heavy atom. The highest BCUT2D eigenvalue weighted by molar-refractivity contribution is 5.25. The molecule has 0 saturated carbocycles. The van der Waals surface area contributed by atoms with E-state index in [1.807, 2.05) is 31.2 Å². The highest BCUT2D eigenvalue weighted by atomic mass is 19.4. The molecule has 1 aromatic rings. The molecule has 5 heteroatoms. The van der Waals surface area contributed by atoms with E-state index in [4.69, 9.17) is 10.5 Å². The number of rotatable bonds is 5.